The third-order valence-electron chi connectivity index (χ3n) is 5.28. The Balaban J connectivity index is 1.52. The molecule has 2 aromatic carbocycles. The van der Waals surface area contributed by atoms with Crippen LogP contribution in [0.1, 0.15) is 42.1 Å². The van der Waals surface area contributed by atoms with E-state index in [0.717, 1.165) is 31.5 Å². The number of likely N-dealkylation sites (tertiary alicyclic amines) is 1. The van der Waals surface area contributed by atoms with Gasteiger partial charge in [0.05, 0.1) is 0 Å². The van der Waals surface area contributed by atoms with Crippen LogP contribution in [-0.4, -0.2) is 34.0 Å². The summed E-state index contributed by atoms with van der Waals surface area (Å²) >= 11 is 12.2. The zero-order valence-corrected chi connectivity index (χ0v) is 18.0. The minimum absolute atomic E-state index is 0.119. The van der Waals surface area contributed by atoms with Gasteiger partial charge in [0, 0.05) is 21.7 Å². The molecule has 0 spiro atoms. The number of nitrogens with zero attached hydrogens (tertiary/aromatic N) is 3. The number of carbonyl (C=O) groups excluding carboxylic acids is 1. The van der Waals surface area contributed by atoms with Crippen molar-refractivity contribution < 1.29 is 9.32 Å². The molecule has 1 N–H and O–H groups in total. The first kappa shape index (κ1) is 20.8. The second-order valence-electron chi connectivity index (χ2n) is 7.45. The molecule has 0 bridgehead atoms. The van der Waals surface area contributed by atoms with Crippen LogP contribution in [0.4, 0.5) is 5.69 Å². The Morgan fingerprint density at radius 1 is 1.13 bits per heavy atom. The number of amides is 1. The van der Waals surface area contributed by atoms with Gasteiger partial charge in [-0.1, -0.05) is 58.7 Å². The summed E-state index contributed by atoms with van der Waals surface area (Å²) in [6, 6.07) is 14.4. The minimum Gasteiger partial charge on any atom is -0.339 e. The summed E-state index contributed by atoms with van der Waals surface area (Å²) < 4.78 is 5.35. The Bertz CT molecular complexity index is 997. The van der Waals surface area contributed by atoms with Crippen LogP contribution in [-0.2, 0) is 4.79 Å². The van der Waals surface area contributed by atoms with Gasteiger partial charge in [-0.2, -0.15) is 4.98 Å². The molecule has 4 rings (SSSR count). The Morgan fingerprint density at radius 2 is 1.80 bits per heavy atom. The highest BCUT2D eigenvalue weighted by Gasteiger charge is 2.33. The first-order valence-electron chi connectivity index (χ1n) is 9.86. The highest BCUT2D eigenvalue weighted by atomic mass is 35.5. The Morgan fingerprint density at radius 3 is 2.40 bits per heavy atom. The molecule has 0 unspecified atom stereocenters. The van der Waals surface area contributed by atoms with E-state index in [1.165, 1.54) is 0 Å². The van der Waals surface area contributed by atoms with Crippen molar-refractivity contribution in [3.63, 3.8) is 0 Å². The van der Waals surface area contributed by atoms with Crippen LogP contribution >= 0.6 is 23.2 Å². The summed E-state index contributed by atoms with van der Waals surface area (Å²) in [5, 5.41) is 7.83. The van der Waals surface area contributed by atoms with Gasteiger partial charge in [-0.15, -0.1) is 0 Å². The molecule has 3 aromatic rings. The van der Waals surface area contributed by atoms with E-state index >= 15 is 0 Å². The van der Waals surface area contributed by atoms with E-state index in [1.807, 2.05) is 37.3 Å². The third-order valence-corrected chi connectivity index (χ3v) is 5.72. The van der Waals surface area contributed by atoms with Gasteiger partial charge in [-0.3, -0.25) is 9.69 Å². The molecule has 1 aromatic heterocycles. The molecule has 2 heterocycles. The molecule has 1 aliphatic rings. The summed E-state index contributed by atoms with van der Waals surface area (Å²) in [6.45, 7) is 3.31. The molecule has 1 atom stereocenters. The van der Waals surface area contributed by atoms with E-state index in [0.29, 0.717) is 27.4 Å². The monoisotopic (exact) mass is 444 g/mol. The number of hydrogen-bond donors (Lipinski definition) is 1. The van der Waals surface area contributed by atoms with Crippen molar-refractivity contribution in [2.75, 3.05) is 18.4 Å². The van der Waals surface area contributed by atoms with Crippen LogP contribution < -0.4 is 5.32 Å². The topological polar surface area (TPSA) is 71.3 Å². The van der Waals surface area contributed by atoms with E-state index in [-0.39, 0.29) is 11.8 Å². The number of aryl methyl sites for hydroxylation is 1. The largest absolute Gasteiger partial charge is 0.339 e. The zero-order valence-electron chi connectivity index (χ0n) is 16.5. The maximum Gasteiger partial charge on any atom is 0.246 e. The number of piperidine rings is 1. The van der Waals surface area contributed by atoms with E-state index in [1.54, 1.807) is 18.2 Å². The second-order valence-corrected chi connectivity index (χ2v) is 8.32. The van der Waals surface area contributed by atoms with Gasteiger partial charge in [-0.25, -0.2) is 0 Å². The van der Waals surface area contributed by atoms with Crippen molar-refractivity contribution in [1.82, 2.24) is 15.0 Å². The lowest BCUT2D eigenvalue weighted by atomic mass is 9.93. The lowest BCUT2D eigenvalue weighted by Crippen LogP contribution is -2.41. The van der Waals surface area contributed by atoms with E-state index in [9.17, 15) is 4.79 Å². The average molecular weight is 445 g/mol. The van der Waals surface area contributed by atoms with Gasteiger partial charge in [0.2, 0.25) is 11.8 Å². The molecular formula is C22H22Cl2N4O2. The minimum atomic E-state index is -0.422. The van der Waals surface area contributed by atoms with Crippen molar-refractivity contribution in [2.45, 2.75) is 31.7 Å². The van der Waals surface area contributed by atoms with Gasteiger partial charge in [0.25, 0.3) is 0 Å². The number of rotatable bonds is 5. The normalized spacial score (nSPS) is 16.4. The molecule has 30 heavy (non-hydrogen) atoms. The van der Waals surface area contributed by atoms with Crippen molar-refractivity contribution in [3.8, 4) is 0 Å². The first-order valence-corrected chi connectivity index (χ1v) is 10.6. The maximum absolute atomic E-state index is 13.3. The quantitative estimate of drug-likeness (QED) is 0.581. The van der Waals surface area contributed by atoms with Gasteiger partial charge >= 0.3 is 0 Å². The molecular weight excluding hydrogens is 423 g/mol. The van der Waals surface area contributed by atoms with Crippen LogP contribution in [0.2, 0.25) is 10.0 Å². The second kappa shape index (κ2) is 9.16. The fourth-order valence-corrected chi connectivity index (χ4v) is 4.41. The Labute approximate surface area is 185 Å². The van der Waals surface area contributed by atoms with Crippen LogP contribution in [0.5, 0.6) is 0 Å². The van der Waals surface area contributed by atoms with Crippen LogP contribution in [0.3, 0.4) is 0 Å². The SMILES string of the molecule is Cc1noc(C2CCN([C@H](C(=O)Nc3cc(Cl)cc(Cl)c3)c3ccccc3)CC2)n1. The van der Waals surface area contributed by atoms with Crippen LogP contribution in [0.25, 0.3) is 0 Å². The highest BCUT2D eigenvalue weighted by molar-refractivity contribution is 6.35. The molecule has 1 aliphatic heterocycles. The van der Waals surface area contributed by atoms with E-state index in [4.69, 9.17) is 27.7 Å². The number of benzene rings is 2. The number of carbonyl (C=O) groups is 1. The fourth-order valence-electron chi connectivity index (χ4n) is 3.88. The van der Waals surface area contributed by atoms with Crippen molar-refractivity contribution >= 4 is 34.8 Å². The highest BCUT2D eigenvalue weighted by Crippen LogP contribution is 2.33. The Kier molecular flexibility index (Phi) is 6.37. The summed E-state index contributed by atoms with van der Waals surface area (Å²) in [4.78, 5) is 19.9. The van der Waals surface area contributed by atoms with E-state index < -0.39 is 6.04 Å². The van der Waals surface area contributed by atoms with Crippen LogP contribution in [0, 0.1) is 6.92 Å². The number of anilines is 1. The standard InChI is InChI=1S/C22H22Cl2N4O2/c1-14-25-22(30-27-14)16-7-9-28(10-8-16)20(15-5-3-2-4-6-15)21(29)26-19-12-17(23)11-18(24)13-19/h2-6,11-13,16,20H,7-10H2,1H3,(H,26,29)/t20-/m0/s1. The summed E-state index contributed by atoms with van der Waals surface area (Å²) in [5.74, 6) is 1.43. The predicted molar refractivity (Wildman–Crippen MR) is 117 cm³/mol. The molecule has 0 aliphatic carbocycles. The van der Waals surface area contributed by atoms with E-state index in [2.05, 4.69) is 20.4 Å². The van der Waals surface area contributed by atoms with Crippen molar-refractivity contribution in [3.05, 3.63) is 75.9 Å². The molecule has 156 valence electrons. The predicted octanol–water partition coefficient (Wildman–Crippen LogP) is 5.24. The molecule has 6 nitrogen and oxygen atoms in total. The molecule has 1 amide bonds. The fraction of sp³-hybridized carbons (Fsp3) is 0.318. The summed E-state index contributed by atoms with van der Waals surface area (Å²) in [7, 11) is 0. The number of nitrogens with one attached hydrogen (secondary N) is 1. The molecule has 8 heteroatoms. The maximum atomic E-state index is 13.3. The van der Waals surface area contributed by atoms with Crippen molar-refractivity contribution in [1.29, 1.82) is 0 Å². The van der Waals surface area contributed by atoms with Gasteiger partial charge < -0.3 is 9.84 Å². The van der Waals surface area contributed by atoms with Gasteiger partial charge in [-0.05, 0) is 56.6 Å². The average Bonchev–Trinajstić information content (AvgIpc) is 3.15. The molecule has 1 fully saturated rings. The Hall–Kier alpha value is -2.41. The number of hydrogen-bond acceptors (Lipinski definition) is 5. The van der Waals surface area contributed by atoms with Crippen molar-refractivity contribution in [2.24, 2.45) is 0 Å². The van der Waals surface area contributed by atoms with Gasteiger partial charge in [0.1, 0.15) is 6.04 Å². The summed E-state index contributed by atoms with van der Waals surface area (Å²) in [5.41, 5.74) is 1.52. The molecule has 0 saturated carbocycles. The third kappa shape index (κ3) is 4.83. The summed E-state index contributed by atoms with van der Waals surface area (Å²) in [6.07, 6.45) is 1.70. The smallest absolute Gasteiger partial charge is 0.246 e. The lowest BCUT2D eigenvalue weighted by Gasteiger charge is -2.36. The van der Waals surface area contributed by atoms with Crippen LogP contribution in [0.15, 0.2) is 53.1 Å². The van der Waals surface area contributed by atoms with Gasteiger partial charge in [0.15, 0.2) is 5.82 Å². The lowest BCUT2D eigenvalue weighted by molar-refractivity contribution is -0.122. The molecule has 1 saturated heterocycles. The number of aromatic nitrogens is 2. The molecule has 0 radical (unpaired) electrons. The zero-order chi connectivity index (χ0) is 21.1. The first-order chi connectivity index (χ1) is 14.5. The number of halogens is 2.